The Bertz CT molecular complexity index is 542. The number of H-pyrrole nitrogens is 1. The molecule has 6 nitrogen and oxygen atoms in total. The number of amides is 1. The van der Waals surface area contributed by atoms with Gasteiger partial charge in [0.2, 0.25) is 0 Å². The van der Waals surface area contributed by atoms with Crippen LogP contribution in [0.2, 0.25) is 0 Å². The molecule has 1 aromatic heterocycles. The van der Waals surface area contributed by atoms with Crippen molar-refractivity contribution in [2.24, 2.45) is 0 Å². The molecule has 3 heterocycles. The van der Waals surface area contributed by atoms with Crippen molar-refractivity contribution in [3.05, 3.63) is 34.2 Å². The Morgan fingerprint density at radius 2 is 2.32 bits per heavy atom. The third-order valence-corrected chi connectivity index (χ3v) is 3.91. The van der Waals surface area contributed by atoms with Gasteiger partial charge in [0, 0.05) is 25.8 Å². The van der Waals surface area contributed by atoms with Crippen LogP contribution in [0.4, 0.5) is 0 Å². The molecular formula is C13H17N3O3. The molecule has 1 amide bonds. The van der Waals surface area contributed by atoms with Gasteiger partial charge in [-0.15, -0.1) is 0 Å². The molecule has 2 atom stereocenters. The van der Waals surface area contributed by atoms with Crippen LogP contribution in [0.25, 0.3) is 0 Å². The van der Waals surface area contributed by atoms with E-state index in [-0.39, 0.29) is 29.2 Å². The normalized spacial score (nSPS) is 27.3. The summed E-state index contributed by atoms with van der Waals surface area (Å²) in [6, 6.07) is 3.47. The highest BCUT2D eigenvalue weighted by molar-refractivity contribution is 5.94. The predicted octanol–water partition coefficient (Wildman–Crippen LogP) is -0.470. The second-order valence-corrected chi connectivity index (χ2v) is 5.08. The van der Waals surface area contributed by atoms with Gasteiger partial charge in [0.15, 0.2) is 0 Å². The molecular weight excluding hydrogens is 246 g/mol. The van der Waals surface area contributed by atoms with E-state index >= 15 is 0 Å². The van der Waals surface area contributed by atoms with E-state index in [1.165, 1.54) is 6.20 Å². The standard InChI is InChI=1S/C13H17N3O3/c1-15-5-6-19-11-8-16(7-10(11)15)13(18)9-3-2-4-14-12(9)17/h2-4,10-11H,5-8H2,1H3,(H,14,17)/t10-,11+/m0/s1. The number of carbonyl (C=O) groups is 1. The summed E-state index contributed by atoms with van der Waals surface area (Å²) in [5.74, 6) is -0.215. The topological polar surface area (TPSA) is 65.6 Å². The van der Waals surface area contributed by atoms with Gasteiger partial charge in [-0.2, -0.15) is 0 Å². The van der Waals surface area contributed by atoms with E-state index < -0.39 is 0 Å². The maximum Gasteiger partial charge on any atom is 0.260 e. The zero-order valence-corrected chi connectivity index (χ0v) is 10.8. The van der Waals surface area contributed by atoms with Crippen LogP contribution in [0.3, 0.4) is 0 Å². The number of aromatic nitrogens is 1. The molecule has 2 saturated heterocycles. The van der Waals surface area contributed by atoms with Crippen LogP contribution in [0.5, 0.6) is 0 Å². The Kier molecular flexibility index (Phi) is 3.12. The van der Waals surface area contributed by atoms with Crippen LogP contribution < -0.4 is 5.56 Å². The third kappa shape index (κ3) is 2.17. The molecule has 3 rings (SSSR count). The number of likely N-dealkylation sites (tertiary alicyclic amines) is 1. The summed E-state index contributed by atoms with van der Waals surface area (Å²) in [6.07, 6.45) is 1.59. The number of hydrogen-bond donors (Lipinski definition) is 1. The van der Waals surface area contributed by atoms with Crippen molar-refractivity contribution < 1.29 is 9.53 Å². The average Bonchev–Trinajstić information content (AvgIpc) is 2.84. The maximum atomic E-state index is 12.3. The highest BCUT2D eigenvalue weighted by Gasteiger charge is 2.40. The zero-order chi connectivity index (χ0) is 13.4. The number of hydrogen-bond acceptors (Lipinski definition) is 4. The molecule has 0 saturated carbocycles. The minimum Gasteiger partial charge on any atom is -0.373 e. The van der Waals surface area contributed by atoms with Gasteiger partial charge in [-0.3, -0.25) is 14.5 Å². The van der Waals surface area contributed by atoms with Crippen LogP contribution in [0.15, 0.2) is 23.1 Å². The van der Waals surface area contributed by atoms with Gasteiger partial charge < -0.3 is 14.6 Å². The lowest BCUT2D eigenvalue weighted by atomic mass is 10.1. The van der Waals surface area contributed by atoms with Crippen LogP contribution in [-0.2, 0) is 4.74 Å². The lowest BCUT2D eigenvalue weighted by Gasteiger charge is -2.33. The number of aromatic amines is 1. The first-order chi connectivity index (χ1) is 9.16. The molecule has 2 fully saturated rings. The molecule has 0 bridgehead atoms. The lowest BCUT2D eigenvalue weighted by Crippen LogP contribution is -2.48. The Morgan fingerprint density at radius 3 is 3.05 bits per heavy atom. The third-order valence-electron chi connectivity index (χ3n) is 3.91. The minimum atomic E-state index is -0.336. The van der Waals surface area contributed by atoms with Gasteiger partial charge in [-0.1, -0.05) is 0 Å². The average molecular weight is 263 g/mol. The Morgan fingerprint density at radius 1 is 1.47 bits per heavy atom. The number of nitrogens with zero attached hydrogens (tertiary/aromatic N) is 2. The van der Waals surface area contributed by atoms with Crippen molar-refractivity contribution in [2.75, 3.05) is 33.3 Å². The van der Waals surface area contributed by atoms with Crippen molar-refractivity contribution in [3.63, 3.8) is 0 Å². The first-order valence-electron chi connectivity index (χ1n) is 6.45. The molecule has 0 spiro atoms. The highest BCUT2D eigenvalue weighted by atomic mass is 16.5. The van der Waals surface area contributed by atoms with Crippen molar-refractivity contribution in [1.29, 1.82) is 0 Å². The van der Waals surface area contributed by atoms with Gasteiger partial charge >= 0.3 is 0 Å². The SMILES string of the molecule is CN1CCO[C@@H]2CN(C(=O)c3ccc[nH]c3=O)C[C@@H]21. The van der Waals surface area contributed by atoms with Crippen molar-refractivity contribution >= 4 is 5.91 Å². The number of morpholine rings is 1. The van der Waals surface area contributed by atoms with Crippen LogP contribution in [-0.4, -0.2) is 66.1 Å². The zero-order valence-electron chi connectivity index (χ0n) is 10.8. The lowest BCUT2D eigenvalue weighted by molar-refractivity contribution is -0.0368. The smallest absolute Gasteiger partial charge is 0.260 e. The summed E-state index contributed by atoms with van der Waals surface area (Å²) < 4.78 is 5.70. The second-order valence-electron chi connectivity index (χ2n) is 5.08. The Balaban J connectivity index is 1.79. The molecule has 0 radical (unpaired) electrons. The van der Waals surface area contributed by atoms with E-state index in [1.807, 2.05) is 7.05 Å². The number of rotatable bonds is 1. The van der Waals surface area contributed by atoms with Crippen LogP contribution in [0, 0.1) is 0 Å². The second kappa shape index (κ2) is 4.79. The van der Waals surface area contributed by atoms with E-state index in [2.05, 4.69) is 9.88 Å². The van der Waals surface area contributed by atoms with E-state index in [1.54, 1.807) is 17.0 Å². The fourth-order valence-electron chi connectivity index (χ4n) is 2.78. The molecule has 2 aliphatic rings. The van der Waals surface area contributed by atoms with E-state index in [0.29, 0.717) is 19.7 Å². The summed E-state index contributed by atoms with van der Waals surface area (Å²) >= 11 is 0. The number of ether oxygens (including phenoxy) is 1. The number of likely N-dealkylation sites (N-methyl/N-ethyl adjacent to an activating group) is 1. The first kappa shape index (κ1) is 12.4. The van der Waals surface area contributed by atoms with Gasteiger partial charge in [0.1, 0.15) is 5.56 Å². The number of pyridine rings is 1. The Labute approximate surface area is 111 Å². The molecule has 6 heteroatoms. The summed E-state index contributed by atoms with van der Waals surface area (Å²) in [5, 5.41) is 0. The maximum absolute atomic E-state index is 12.3. The van der Waals surface area contributed by atoms with Gasteiger partial charge in [0.25, 0.3) is 11.5 Å². The first-order valence-corrected chi connectivity index (χ1v) is 6.45. The monoisotopic (exact) mass is 263 g/mol. The van der Waals surface area contributed by atoms with Crippen molar-refractivity contribution in [1.82, 2.24) is 14.8 Å². The summed E-state index contributed by atoms with van der Waals surface area (Å²) in [4.78, 5) is 30.5. The predicted molar refractivity (Wildman–Crippen MR) is 69.1 cm³/mol. The van der Waals surface area contributed by atoms with Crippen molar-refractivity contribution in [3.8, 4) is 0 Å². The molecule has 2 aliphatic heterocycles. The van der Waals surface area contributed by atoms with Gasteiger partial charge in [-0.25, -0.2) is 0 Å². The minimum absolute atomic E-state index is 0.0606. The van der Waals surface area contributed by atoms with Crippen molar-refractivity contribution in [2.45, 2.75) is 12.1 Å². The fraction of sp³-hybridized carbons (Fsp3) is 0.538. The summed E-state index contributed by atoms with van der Waals surface area (Å²) in [6.45, 7) is 2.76. The summed E-state index contributed by atoms with van der Waals surface area (Å²) in [7, 11) is 2.05. The Hall–Kier alpha value is -1.66. The molecule has 19 heavy (non-hydrogen) atoms. The highest BCUT2D eigenvalue weighted by Crippen LogP contribution is 2.22. The van der Waals surface area contributed by atoms with Gasteiger partial charge in [0.05, 0.1) is 18.8 Å². The number of fused-ring (bicyclic) bond motifs is 1. The molecule has 102 valence electrons. The number of carbonyl (C=O) groups excluding carboxylic acids is 1. The number of nitrogens with one attached hydrogen (secondary N) is 1. The van der Waals surface area contributed by atoms with Gasteiger partial charge in [-0.05, 0) is 19.2 Å². The van der Waals surface area contributed by atoms with Crippen LogP contribution >= 0.6 is 0 Å². The molecule has 0 aromatic carbocycles. The fourth-order valence-corrected chi connectivity index (χ4v) is 2.78. The quantitative estimate of drug-likeness (QED) is 0.744. The molecule has 1 N–H and O–H groups in total. The van der Waals surface area contributed by atoms with E-state index in [4.69, 9.17) is 4.74 Å². The van der Waals surface area contributed by atoms with E-state index in [9.17, 15) is 9.59 Å². The largest absolute Gasteiger partial charge is 0.373 e. The van der Waals surface area contributed by atoms with Crippen LogP contribution in [0.1, 0.15) is 10.4 Å². The molecule has 1 aromatic rings. The molecule has 0 aliphatic carbocycles. The van der Waals surface area contributed by atoms with E-state index in [0.717, 1.165) is 6.54 Å². The summed E-state index contributed by atoms with van der Waals surface area (Å²) in [5.41, 5.74) is -0.138. The molecule has 0 unspecified atom stereocenters.